The Kier molecular flexibility index (Phi) is 6.37. The Morgan fingerprint density at radius 3 is 2.81 bits per heavy atom. The summed E-state index contributed by atoms with van der Waals surface area (Å²) in [4.78, 5) is 12.8. The van der Waals surface area contributed by atoms with Crippen LogP contribution in [0.15, 0.2) is 52.9 Å². The third-order valence-electron chi connectivity index (χ3n) is 4.33. The molecule has 1 atom stereocenters. The number of thioether (sulfide) groups is 1. The number of nitrogens with zero attached hydrogens (tertiary/aromatic N) is 3. The molecular weight excluding hydrogens is 480 g/mol. The fourth-order valence-corrected chi connectivity index (χ4v) is 5.68. The van der Waals surface area contributed by atoms with Crippen molar-refractivity contribution in [3.8, 4) is 5.75 Å². The summed E-state index contributed by atoms with van der Waals surface area (Å²) in [5.41, 5.74) is 1.46. The molecule has 3 aromatic rings. The minimum Gasteiger partial charge on any atom is -0.476 e. The van der Waals surface area contributed by atoms with Crippen LogP contribution in [0.5, 0.6) is 5.75 Å². The van der Waals surface area contributed by atoms with E-state index in [1.165, 1.54) is 29.2 Å². The topological polar surface area (TPSA) is 101 Å². The van der Waals surface area contributed by atoms with Gasteiger partial charge in [-0.1, -0.05) is 65.0 Å². The van der Waals surface area contributed by atoms with Crippen molar-refractivity contribution in [1.29, 1.82) is 0 Å². The minimum absolute atomic E-state index is 0.174. The molecule has 1 aromatic heterocycles. The molecule has 2 aromatic carbocycles. The lowest BCUT2D eigenvalue weighted by molar-refractivity contribution is -0.122. The van der Waals surface area contributed by atoms with Crippen LogP contribution in [0, 0.1) is 0 Å². The summed E-state index contributed by atoms with van der Waals surface area (Å²) in [7, 11) is -3.64. The molecule has 12 heteroatoms. The maximum absolute atomic E-state index is 12.8. The summed E-state index contributed by atoms with van der Waals surface area (Å²) >= 11 is 8.75. The van der Waals surface area contributed by atoms with Crippen molar-refractivity contribution in [3.63, 3.8) is 0 Å². The van der Waals surface area contributed by atoms with Crippen LogP contribution >= 0.6 is 34.7 Å². The van der Waals surface area contributed by atoms with E-state index >= 15 is 0 Å². The number of rotatable bonds is 6. The van der Waals surface area contributed by atoms with Crippen LogP contribution < -0.4 is 14.4 Å². The number of anilines is 2. The number of ether oxygens (including phenoxy) is 1. The molecule has 0 unspecified atom stereocenters. The van der Waals surface area contributed by atoms with Gasteiger partial charge in [-0.05, 0) is 23.8 Å². The molecular formula is C19H17ClN4O4S3. The Labute approximate surface area is 192 Å². The second kappa shape index (κ2) is 9.03. The van der Waals surface area contributed by atoms with E-state index < -0.39 is 22.0 Å². The maximum Gasteiger partial charge on any atom is 0.269 e. The molecule has 0 fully saturated rings. The van der Waals surface area contributed by atoms with E-state index in [-0.39, 0.29) is 12.3 Å². The Morgan fingerprint density at radius 1 is 1.29 bits per heavy atom. The molecule has 1 aliphatic rings. The Balaban J connectivity index is 1.44. The molecule has 0 radical (unpaired) electrons. The van der Waals surface area contributed by atoms with E-state index in [0.717, 1.165) is 21.9 Å². The van der Waals surface area contributed by atoms with Gasteiger partial charge in [0.15, 0.2) is 10.4 Å². The quantitative estimate of drug-likeness (QED) is 0.410. The van der Waals surface area contributed by atoms with Crippen LogP contribution in [-0.2, 0) is 20.6 Å². The fourth-order valence-electron chi connectivity index (χ4n) is 2.90. The van der Waals surface area contributed by atoms with E-state index in [2.05, 4.69) is 15.5 Å². The van der Waals surface area contributed by atoms with Crippen LogP contribution in [-0.4, -0.2) is 43.4 Å². The van der Waals surface area contributed by atoms with Crippen LogP contribution in [0.25, 0.3) is 0 Å². The standard InChI is InChI=1S/C19H17ClN4O4S3/c1-31(26,27)24-10-16(28-15-8-7-13(20)9-14(15)24)17(25)21-18-22-23-19(30-18)29-11-12-5-3-2-4-6-12/h2-9,16H,10-11H2,1H3,(H,21,22,25)/t16-/m1/s1. The zero-order chi connectivity index (χ0) is 22.0. The van der Waals surface area contributed by atoms with Crippen molar-refractivity contribution in [1.82, 2.24) is 10.2 Å². The summed E-state index contributed by atoms with van der Waals surface area (Å²) < 4.78 is 32.1. The SMILES string of the molecule is CS(=O)(=O)N1C[C@H](C(=O)Nc2nnc(SCc3ccccc3)s2)Oc2ccc(Cl)cc21. The molecule has 0 aliphatic carbocycles. The summed E-state index contributed by atoms with van der Waals surface area (Å²) in [6.45, 7) is -0.174. The van der Waals surface area contributed by atoms with E-state index in [0.29, 0.717) is 20.2 Å². The van der Waals surface area contributed by atoms with Crippen molar-refractivity contribution in [3.05, 3.63) is 59.1 Å². The number of sulfonamides is 1. The first-order valence-electron chi connectivity index (χ1n) is 9.04. The summed E-state index contributed by atoms with van der Waals surface area (Å²) in [6.07, 6.45) is 0.0200. The highest BCUT2D eigenvalue weighted by atomic mass is 35.5. The van der Waals surface area contributed by atoms with Gasteiger partial charge in [0.1, 0.15) is 5.75 Å². The third-order valence-corrected chi connectivity index (χ3v) is 7.75. The normalized spacial score (nSPS) is 15.8. The first kappa shape index (κ1) is 21.9. The Morgan fingerprint density at radius 2 is 2.06 bits per heavy atom. The number of amides is 1. The number of carbonyl (C=O) groups is 1. The van der Waals surface area contributed by atoms with Gasteiger partial charge >= 0.3 is 0 Å². The van der Waals surface area contributed by atoms with Gasteiger partial charge in [-0.3, -0.25) is 14.4 Å². The molecule has 1 amide bonds. The second-order valence-corrected chi connectivity index (χ2v) is 11.2. The lowest BCUT2D eigenvalue weighted by Gasteiger charge is -2.33. The maximum atomic E-state index is 12.8. The average molecular weight is 497 g/mol. The smallest absolute Gasteiger partial charge is 0.269 e. The Bertz CT molecular complexity index is 1200. The van der Waals surface area contributed by atoms with Crippen LogP contribution in [0.4, 0.5) is 10.8 Å². The van der Waals surface area contributed by atoms with E-state index in [1.807, 2.05) is 30.3 Å². The van der Waals surface area contributed by atoms with E-state index in [1.54, 1.807) is 12.1 Å². The predicted octanol–water partition coefficient (Wildman–Crippen LogP) is 3.65. The number of fused-ring (bicyclic) bond motifs is 1. The molecule has 1 N–H and O–H groups in total. The number of carbonyl (C=O) groups excluding carboxylic acids is 1. The lowest BCUT2D eigenvalue weighted by atomic mass is 10.2. The highest BCUT2D eigenvalue weighted by molar-refractivity contribution is 8.00. The van der Waals surface area contributed by atoms with Gasteiger partial charge in [-0.15, -0.1) is 10.2 Å². The highest BCUT2D eigenvalue weighted by Crippen LogP contribution is 2.37. The van der Waals surface area contributed by atoms with Crippen LogP contribution in [0.1, 0.15) is 5.56 Å². The number of halogens is 1. The van der Waals surface area contributed by atoms with E-state index in [4.69, 9.17) is 16.3 Å². The molecule has 2 heterocycles. The number of aromatic nitrogens is 2. The number of benzene rings is 2. The van der Waals surface area contributed by atoms with Crippen LogP contribution in [0.3, 0.4) is 0 Å². The monoisotopic (exact) mass is 496 g/mol. The molecule has 1 aliphatic heterocycles. The molecule has 0 saturated carbocycles. The molecule has 162 valence electrons. The van der Waals surface area contributed by atoms with Crippen molar-refractivity contribution >= 4 is 61.4 Å². The molecule has 0 bridgehead atoms. The predicted molar refractivity (Wildman–Crippen MR) is 123 cm³/mol. The largest absolute Gasteiger partial charge is 0.476 e. The van der Waals surface area contributed by atoms with Gasteiger partial charge in [0.05, 0.1) is 18.5 Å². The van der Waals surface area contributed by atoms with Crippen molar-refractivity contribution in [2.75, 3.05) is 22.4 Å². The zero-order valence-corrected chi connectivity index (χ0v) is 19.4. The molecule has 0 spiro atoms. The average Bonchev–Trinajstić information content (AvgIpc) is 3.18. The van der Waals surface area contributed by atoms with Gasteiger partial charge in [0.25, 0.3) is 5.91 Å². The molecule has 4 rings (SSSR count). The van der Waals surface area contributed by atoms with Crippen LogP contribution in [0.2, 0.25) is 5.02 Å². The minimum atomic E-state index is -3.64. The first-order valence-corrected chi connectivity index (χ1v) is 13.1. The highest BCUT2D eigenvalue weighted by Gasteiger charge is 2.35. The summed E-state index contributed by atoms with van der Waals surface area (Å²) in [6, 6.07) is 14.5. The molecule has 31 heavy (non-hydrogen) atoms. The van der Waals surface area contributed by atoms with Crippen molar-refractivity contribution in [2.45, 2.75) is 16.2 Å². The van der Waals surface area contributed by atoms with Gasteiger partial charge < -0.3 is 4.74 Å². The zero-order valence-electron chi connectivity index (χ0n) is 16.2. The number of nitrogens with one attached hydrogen (secondary N) is 1. The van der Waals surface area contributed by atoms with Gasteiger partial charge in [0, 0.05) is 10.8 Å². The van der Waals surface area contributed by atoms with E-state index in [9.17, 15) is 13.2 Å². The van der Waals surface area contributed by atoms with Gasteiger partial charge in [-0.25, -0.2) is 8.42 Å². The molecule has 8 nitrogen and oxygen atoms in total. The van der Waals surface area contributed by atoms with Crippen molar-refractivity contribution in [2.24, 2.45) is 0 Å². The van der Waals surface area contributed by atoms with Crippen molar-refractivity contribution < 1.29 is 17.9 Å². The number of hydrogen-bond acceptors (Lipinski definition) is 8. The lowest BCUT2D eigenvalue weighted by Crippen LogP contribution is -2.48. The number of hydrogen-bond donors (Lipinski definition) is 1. The summed E-state index contributed by atoms with van der Waals surface area (Å²) in [5, 5.41) is 11.4. The molecule has 0 saturated heterocycles. The summed E-state index contributed by atoms with van der Waals surface area (Å²) in [5.74, 6) is 0.486. The third kappa shape index (κ3) is 5.29. The van der Waals surface area contributed by atoms with Gasteiger partial charge in [-0.2, -0.15) is 0 Å². The van der Waals surface area contributed by atoms with Gasteiger partial charge in [0.2, 0.25) is 15.2 Å². The second-order valence-electron chi connectivity index (χ2n) is 6.65. The Hall–Kier alpha value is -2.34. The first-order chi connectivity index (χ1) is 14.8. The fraction of sp³-hybridized carbons (Fsp3) is 0.211.